The van der Waals surface area contributed by atoms with Crippen molar-refractivity contribution < 1.29 is 0 Å². The van der Waals surface area contributed by atoms with Gasteiger partial charge in [-0.15, -0.1) is 0 Å². The van der Waals surface area contributed by atoms with Crippen molar-refractivity contribution in [1.82, 2.24) is 19.8 Å². The summed E-state index contributed by atoms with van der Waals surface area (Å²) in [6.07, 6.45) is 4.11. The first-order valence-corrected chi connectivity index (χ1v) is 12.2. The summed E-state index contributed by atoms with van der Waals surface area (Å²) < 4.78 is 2.40. The lowest BCUT2D eigenvalue weighted by Gasteiger charge is -2.28. The quantitative estimate of drug-likeness (QED) is 0.341. The Morgan fingerprint density at radius 1 is 1.00 bits per heavy atom. The molecule has 5 heteroatoms. The zero-order valence-corrected chi connectivity index (χ0v) is 20.3. The average Bonchev–Trinajstić information content (AvgIpc) is 3.32. The lowest BCUT2D eigenvalue weighted by atomic mass is 9.96. The second kappa shape index (κ2) is 8.99. The Hall–Kier alpha value is -3.18. The number of benzene rings is 2. The van der Waals surface area contributed by atoms with Gasteiger partial charge in [0.05, 0.1) is 23.5 Å². The van der Waals surface area contributed by atoms with E-state index in [0.29, 0.717) is 0 Å². The zero-order valence-electron chi connectivity index (χ0n) is 19.5. The van der Waals surface area contributed by atoms with E-state index in [1.54, 1.807) is 0 Å². The summed E-state index contributed by atoms with van der Waals surface area (Å²) in [6, 6.07) is 23.7. The summed E-state index contributed by atoms with van der Waals surface area (Å²) in [4.78, 5) is 7.06. The van der Waals surface area contributed by atoms with E-state index in [1.807, 2.05) is 12.3 Å². The topological polar surface area (TPSA) is 33.1 Å². The maximum absolute atomic E-state index is 5.83. The second-order valence-electron chi connectivity index (χ2n) is 8.83. The minimum absolute atomic E-state index is 0.0250. The number of aryl methyl sites for hydroxylation is 1. The predicted octanol–water partition coefficient (Wildman–Crippen LogP) is 6.41. The Kier molecular flexibility index (Phi) is 5.90. The number of nitrogens with zero attached hydrogens (tertiary/aromatic N) is 3. The molecule has 2 aromatic carbocycles. The molecular formula is C28H30N4S. The van der Waals surface area contributed by atoms with Gasteiger partial charge in [-0.2, -0.15) is 0 Å². The van der Waals surface area contributed by atoms with Crippen molar-refractivity contribution in [3.05, 3.63) is 95.6 Å². The fraction of sp³-hybridized carbons (Fsp3) is 0.286. The molecule has 1 saturated heterocycles. The normalized spacial score (nSPS) is 18.2. The lowest BCUT2D eigenvalue weighted by Crippen LogP contribution is -2.30. The first-order valence-electron chi connectivity index (χ1n) is 11.7. The molecule has 33 heavy (non-hydrogen) atoms. The number of rotatable bonds is 6. The van der Waals surface area contributed by atoms with Crippen LogP contribution < -0.4 is 5.32 Å². The van der Waals surface area contributed by atoms with Crippen LogP contribution in [0.15, 0.2) is 72.9 Å². The molecule has 4 nitrogen and oxygen atoms in total. The molecule has 0 aliphatic carbocycles. The Morgan fingerprint density at radius 2 is 1.79 bits per heavy atom. The number of hydrogen-bond acceptors (Lipinski definition) is 2. The van der Waals surface area contributed by atoms with Crippen molar-refractivity contribution in [2.45, 2.75) is 45.7 Å². The molecule has 0 saturated carbocycles. The molecule has 2 atom stereocenters. The number of thiocarbonyl (C=S) groups is 1. The van der Waals surface area contributed by atoms with Gasteiger partial charge >= 0.3 is 0 Å². The molecule has 0 unspecified atom stereocenters. The third kappa shape index (κ3) is 3.80. The average molecular weight is 455 g/mol. The molecule has 1 aliphatic heterocycles. The molecule has 1 fully saturated rings. The minimum Gasteiger partial charge on any atom is -0.352 e. The summed E-state index contributed by atoms with van der Waals surface area (Å²) in [6.45, 7) is 7.60. The molecule has 5 rings (SSSR count). The molecule has 0 spiro atoms. The van der Waals surface area contributed by atoms with E-state index in [4.69, 9.17) is 12.2 Å². The third-order valence-corrected chi connectivity index (χ3v) is 7.10. The molecule has 4 aromatic rings. The van der Waals surface area contributed by atoms with Gasteiger partial charge in [-0.05, 0) is 67.7 Å². The van der Waals surface area contributed by atoms with Gasteiger partial charge in [-0.25, -0.2) is 0 Å². The Morgan fingerprint density at radius 3 is 2.58 bits per heavy atom. The van der Waals surface area contributed by atoms with Crippen molar-refractivity contribution in [3.63, 3.8) is 0 Å². The van der Waals surface area contributed by atoms with Gasteiger partial charge in [0.25, 0.3) is 0 Å². The largest absolute Gasteiger partial charge is 0.352 e. The molecule has 0 bridgehead atoms. The number of unbranched alkanes of at least 4 members (excludes halogenated alkanes) is 1. The number of hydrogen-bond donors (Lipinski definition) is 1. The van der Waals surface area contributed by atoms with E-state index in [0.717, 1.165) is 30.2 Å². The van der Waals surface area contributed by atoms with E-state index < -0.39 is 0 Å². The van der Waals surface area contributed by atoms with E-state index in [1.165, 1.54) is 33.4 Å². The first-order chi connectivity index (χ1) is 16.1. The van der Waals surface area contributed by atoms with Crippen LogP contribution in [0.3, 0.4) is 0 Å². The monoisotopic (exact) mass is 454 g/mol. The molecule has 168 valence electrons. The predicted molar refractivity (Wildman–Crippen MR) is 140 cm³/mol. The van der Waals surface area contributed by atoms with Crippen LogP contribution in [0.5, 0.6) is 0 Å². The van der Waals surface area contributed by atoms with Gasteiger partial charge in [0.15, 0.2) is 5.11 Å². The van der Waals surface area contributed by atoms with Crippen molar-refractivity contribution in [1.29, 1.82) is 0 Å². The molecule has 0 amide bonds. The van der Waals surface area contributed by atoms with Crippen LogP contribution >= 0.6 is 12.2 Å². The number of pyridine rings is 1. The van der Waals surface area contributed by atoms with Crippen LogP contribution in [0.4, 0.5) is 0 Å². The standard InChI is InChI=1S/C28H30N4S/c1-4-5-17-31-27(26(30-28(31)33)24-14-8-9-16-29-24)23-18-19(2)32(20(23)3)25-15-10-12-21-11-6-7-13-22(21)25/h6-16,18,26-27H,4-5,17H2,1-3H3,(H,30,33)/t26-,27+/m1/s1. The van der Waals surface area contributed by atoms with Gasteiger partial charge in [-0.1, -0.05) is 55.8 Å². The first kappa shape index (κ1) is 21.7. The maximum atomic E-state index is 5.83. The highest BCUT2D eigenvalue weighted by Gasteiger charge is 2.41. The molecule has 0 radical (unpaired) electrons. The van der Waals surface area contributed by atoms with Gasteiger partial charge < -0.3 is 14.8 Å². The number of nitrogens with one attached hydrogen (secondary N) is 1. The van der Waals surface area contributed by atoms with Crippen LogP contribution in [0.1, 0.15) is 54.5 Å². The van der Waals surface area contributed by atoms with E-state index in [-0.39, 0.29) is 12.1 Å². The van der Waals surface area contributed by atoms with Gasteiger partial charge in [0, 0.05) is 29.5 Å². The molecule has 1 N–H and O–H groups in total. The molecular weight excluding hydrogens is 424 g/mol. The minimum atomic E-state index is 0.0250. The number of aromatic nitrogens is 2. The van der Waals surface area contributed by atoms with Crippen LogP contribution in [-0.2, 0) is 0 Å². The summed E-state index contributed by atoms with van der Waals surface area (Å²) >= 11 is 5.83. The maximum Gasteiger partial charge on any atom is 0.170 e. The summed E-state index contributed by atoms with van der Waals surface area (Å²) in [5, 5.41) is 6.92. The molecule has 1 aliphatic rings. The lowest BCUT2D eigenvalue weighted by molar-refractivity contribution is 0.312. The Bertz CT molecular complexity index is 1290. The molecule has 2 aromatic heterocycles. The SMILES string of the molecule is CCCCN1C(=S)N[C@H](c2ccccn2)[C@@H]1c1cc(C)n(-c2cccc3ccccc23)c1C. The number of fused-ring (bicyclic) bond motifs is 1. The smallest absolute Gasteiger partial charge is 0.170 e. The highest BCUT2D eigenvalue weighted by atomic mass is 32.1. The fourth-order valence-corrected chi connectivity index (χ4v) is 5.51. The second-order valence-corrected chi connectivity index (χ2v) is 9.22. The Balaban J connectivity index is 1.66. The van der Waals surface area contributed by atoms with Crippen molar-refractivity contribution in [2.24, 2.45) is 0 Å². The van der Waals surface area contributed by atoms with Crippen molar-refractivity contribution >= 4 is 28.1 Å². The van der Waals surface area contributed by atoms with Crippen LogP contribution in [0.25, 0.3) is 16.5 Å². The highest BCUT2D eigenvalue weighted by molar-refractivity contribution is 7.80. The van der Waals surface area contributed by atoms with E-state index in [2.05, 4.69) is 101 Å². The zero-order chi connectivity index (χ0) is 22.9. The van der Waals surface area contributed by atoms with Gasteiger partial charge in [0.1, 0.15) is 0 Å². The third-order valence-electron chi connectivity index (χ3n) is 6.75. The van der Waals surface area contributed by atoms with Crippen LogP contribution in [0.2, 0.25) is 0 Å². The van der Waals surface area contributed by atoms with Crippen LogP contribution in [0, 0.1) is 13.8 Å². The van der Waals surface area contributed by atoms with Gasteiger partial charge in [-0.3, -0.25) is 4.98 Å². The summed E-state index contributed by atoms with van der Waals surface area (Å²) in [5.74, 6) is 0. The summed E-state index contributed by atoms with van der Waals surface area (Å²) in [7, 11) is 0. The van der Waals surface area contributed by atoms with Gasteiger partial charge in [0.2, 0.25) is 0 Å². The fourth-order valence-electron chi connectivity index (χ4n) is 5.17. The van der Waals surface area contributed by atoms with Crippen LogP contribution in [-0.4, -0.2) is 26.1 Å². The summed E-state index contributed by atoms with van der Waals surface area (Å²) in [5.41, 5.74) is 6.03. The Labute approximate surface area is 201 Å². The highest BCUT2D eigenvalue weighted by Crippen LogP contribution is 2.42. The van der Waals surface area contributed by atoms with E-state index >= 15 is 0 Å². The van der Waals surface area contributed by atoms with Crippen molar-refractivity contribution in [2.75, 3.05) is 6.54 Å². The van der Waals surface area contributed by atoms with E-state index in [9.17, 15) is 0 Å². The molecule has 3 heterocycles. The van der Waals surface area contributed by atoms with Crippen molar-refractivity contribution in [3.8, 4) is 5.69 Å².